The smallest absolute Gasteiger partial charge is 0.315 e. The summed E-state index contributed by atoms with van der Waals surface area (Å²) in [5, 5.41) is 0. The van der Waals surface area contributed by atoms with Crippen molar-refractivity contribution >= 4 is 5.97 Å². The number of rotatable bonds is 7. The predicted molar refractivity (Wildman–Crippen MR) is 92.4 cm³/mol. The Morgan fingerprint density at radius 3 is 2.61 bits per heavy atom. The van der Waals surface area contributed by atoms with Crippen LogP contribution < -0.4 is 0 Å². The molecule has 0 N–H and O–H groups in total. The lowest BCUT2D eigenvalue weighted by atomic mass is 9.78. The van der Waals surface area contributed by atoms with Crippen LogP contribution in [0.2, 0.25) is 0 Å². The molecule has 1 aliphatic carbocycles. The van der Waals surface area contributed by atoms with Crippen LogP contribution in [0.15, 0.2) is 24.3 Å². The van der Waals surface area contributed by atoms with Gasteiger partial charge < -0.3 is 9.47 Å². The highest BCUT2D eigenvalue weighted by atomic mass is 16.5. The third-order valence-electron chi connectivity index (χ3n) is 4.67. The first-order valence-electron chi connectivity index (χ1n) is 8.82. The summed E-state index contributed by atoms with van der Waals surface area (Å²) in [7, 11) is 0. The van der Waals surface area contributed by atoms with E-state index in [1.165, 1.54) is 11.1 Å². The molecule has 0 saturated heterocycles. The number of benzene rings is 1. The monoisotopic (exact) mass is 318 g/mol. The Balaban J connectivity index is 2.23. The molecule has 1 aromatic carbocycles. The van der Waals surface area contributed by atoms with Crippen molar-refractivity contribution in [3.63, 3.8) is 0 Å². The lowest BCUT2D eigenvalue weighted by molar-refractivity contribution is -0.165. The van der Waals surface area contributed by atoms with Crippen LogP contribution in [0.5, 0.6) is 0 Å². The largest absolute Gasteiger partial charge is 0.465 e. The molecule has 0 spiro atoms. The second kappa shape index (κ2) is 7.96. The Hall–Kier alpha value is -1.35. The highest BCUT2D eigenvalue weighted by Gasteiger charge is 2.50. The zero-order valence-corrected chi connectivity index (χ0v) is 14.9. The summed E-state index contributed by atoms with van der Waals surface area (Å²) in [5.74, 6) is 0.269. The number of esters is 1. The average molecular weight is 318 g/mol. The summed E-state index contributed by atoms with van der Waals surface area (Å²) in [5.41, 5.74) is 1.89. The molecule has 3 nitrogen and oxygen atoms in total. The topological polar surface area (TPSA) is 35.5 Å². The molecule has 0 amide bonds. The molecule has 2 atom stereocenters. The molecule has 0 aliphatic heterocycles. The minimum atomic E-state index is -0.528. The summed E-state index contributed by atoms with van der Waals surface area (Å²) in [6.07, 6.45) is 3.48. The molecule has 1 fully saturated rings. The second-order valence-corrected chi connectivity index (χ2v) is 7.15. The first-order chi connectivity index (χ1) is 11.0. The van der Waals surface area contributed by atoms with Gasteiger partial charge in [0.1, 0.15) is 0 Å². The molecule has 2 unspecified atom stereocenters. The quantitative estimate of drug-likeness (QED) is 0.703. The van der Waals surface area contributed by atoms with Crippen LogP contribution in [0, 0.1) is 18.3 Å². The fourth-order valence-electron chi connectivity index (χ4n) is 3.45. The van der Waals surface area contributed by atoms with E-state index in [0.29, 0.717) is 25.6 Å². The van der Waals surface area contributed by atoms with Crippen molar-refractivity contribution in [3.05, 3.63) is 35.4 Å². The van der Waals surface area contributed by atoms with Crippen molar-refractivity contribution < 1.29 is 14.3 Å². The van der Waals surface area contributed by atoms with E-state index >= 15 is 0 Å². The maximum absolute atomic E-state index is 12.9. The van der Waals surface area contributed by atoms with Gasteiger partial charge in [-0.2, -0.15) is 0 Å². The number of hydrogen-bond donors (Lipinski definition) is 0. The molecular formula is C20H30O3. The van der Waals surface area contributed by atoms with Crippen LogP contribution in [0.25, 0.3) is 0 Å². The van der Waals surface area contributed by atoms with Gasteiger partial charge in [-0.05, 0) is 51.0 Å². The Morgan fingerprint density at radius 2 is 2.00 bits per heavy atom. The van der Waals surface area contributed by atoms with E-state index < -0.39 is 5.41 Å². The Bertz CT molecular complexity index is 506. The van der Waals surface area contributed by atoms with Gasteiger partial charge in [0.15, 0.2) is 0 Å². The fourth-order valence-corrected chi connectivity index (χ4v) is 3.45. The maximum atomic E-state index is 12.9. The number of hydrogen-bond acceptors (Lipinski definition) is 3. The number of ether oxygens (including phenoxy) is 2. The van der Waals surface area contributed by atoms with E-state index in [1.54, 1.807) is 0 Å². The first kappa shape index (κ1) is 18.0. The number of aryl methyl sites for hydroxylation is 1. The minimum Gasteiger partial charge on any atom is -0.465 e. The Morgan fingerprint density at radius 1 is 1.30 bits per heavy atom. The summed E-state index contributed by atoms with van der Waals surface area (Å²) >= 11 is 0. The molecule has 0 heterocycles. The van der Waals surface area contributed by atoms with Crippen molar-refractivity contribution in [2.24, 2.45) is 11.3 Å². The molecule has 23 heavy (non-hydrogen) atoms. The molecule has 0 radical (unpaired) electrons. The average Bonchev–Trinajstić information content (AvgIpc) is 2.91. The summed E-state index contributed by atoms with van der Waals surface area (Å²) in [6.45, 7) is 9.32. The molecule has 0 aromatic heterocycles. The lowest BCUT2D eigenvalue weighted by Crippen LogP contribution is -2.43. The number of carbonyl (C=O) groups excluding carboxylic acids is 1. The van der Waals surface area contributed by atoms with Gasteiger partial charge in [-0.25, -0.2) is 0 Å². The van der Waals surface area contributed by atoms with Gasteiger partial charge in [-0.15, -0.1) is 0 Å². The van der Waals surface area contributed by atoms with E-state index in [0.717, 1.165) is 19.3 Å². The number of carbonyl (C=O) groups is 1. The maximum Gasteiger partial charge on any atom is 0.315 e. The van der Waals surface area contributed by atoms with Crippen molar-refractivity contribution in [1.29, 1.82) is 0 Å². The van der Waals surface area contributed by atoms with Gasteiger partial charge in [0.25, 0.3) is 0 Å². The highest BCUT2D eigenvalue weighted by molar-refractivity contribution is 5.78. The lowest BCUT2D eigenvalue weighted by Gasteiger charge is -2.33. The fraction of sp³-hybridized carbons (Fsp3) is 0.650. The van der Waals surface area contributed by atoms with Crippen LogP contribution in [-0.4, -0.2) is 25.3 Å². The Kier molecular flexibility index (Phi) is 6.23. The van der Waals surface area contributed by atoms with Crippen LogP contribution in [0.4, 0.5) is 0 Å². The highest BCUT2D eigenvalue weighted by Crippen LogP contribution is 2.44. The van der Waals surface area contributed by atoms with Crippen LogP contribution in [-0.2, 0) is 20.7 Å². The van der Waals surface area contributed by atoms with Gasteiger partial charge in [0.2, 0.25) is 0 Å². The van der Waals surface area contributed by atoms with Gasteiger partial charge in [-0.1, -0.05) is 43.7 Å². The third-order valence-corrected chi connectivity index (χ3v) is 4.67. The van der Waals surface area contributed by atoms with Gasteiger partial charge in [0.05, 0.1) is 18.1 Å². The van der Waals surface area contributed by atoms with Crippen LogP contribution >= 0.6 is 0 Å². The summed E-state index contributed by atoms with van der Waals surface area (Å²) < 4.78 is 11.6. The van der Waals surface area contributed by atoms with Crippen LogP contribution in [0.1, 0.15) is 51.2 Å². The Labute approximate surface area is 140 Å². The third kappa shape index (κ3) is 4.35. The van der Waals surface area contributed by atoms with E-state index in [2.05, 4.69) is 45.0 Å². The van der Waals surface area contributed by atoms with Gasteiger partial charge >= 0.3 is 5.97 Å². The molecule has 1 aromatic rings. The van der Waals surface area contributed by atoms with Crippen molar-refractivity contribution in [3.8, 4) is 0 Å². The minimum absolute atomic E-state index is 0.0338. The molecule has 2 rings (SSSR count). The molecule has 1 aliphatic rings. The second-order valence-electron chi connectivity index (χ2n) is 7.15. The molecule has 0 bridgehead atoms. The van der Waals surface area contributed by atoms with E-state index in [4.69, 9.17) is 9.47 Å². The zero-order valence-electron chi connectivity index (χ0n) is 14.9. The van der Waals surface area contributed by atoms with Crippen molar-refractivity contribution in [2.75, 3.05) is 13.2 Å². The molecule has 3 heteroatoms. The van der Waals surface area contributed by atoms with Crippen molar-refractivity contribution in [2.45, 2.75) is 59.5 Å². The standard InChI is InChI=1S/C20H30O3/c1-5-22-18-7-6-12-20(18,19(21)23-14-15(2)3)13-17-10-8-16(4)9-11-17/h8-11,15,18H,5-7,12-14H2,1-4H3. The predicted octanol–water partition coefficient (Wildman–Crippen LogP) is 4.31. The summed E-state index contributed by atoms with van der Waals surface area (Å²) in [6, 6.07) is 8.45. The normalized spacial score (nSPS) is 24.1. The van der Waals surface area contributed by atoms with Gasteiger partial charge in [0, 0.05) is 6.61 Å². The first-order valence-corrected chi connectivity index (χ1v) is 8.82. The molecular weight excluding hydrogens is 288 g/mol. The molecule has 128 valence electrons. The molecule has 1 saturated carbocycles. The van der Waals surface area contributed by atoms with E-state index in [-0.39, 0.29) is 12.1 Å². The van der Waals surface area contributed by atoms with E-state index in [9.17, 15) is 4.79 Å². The summed E-state index contributed by atoms with van der Waals surface area (Å²) in [4.78, 5) is 12.9. The van der Waals surface area contributed by atoms with Crippen LogP contribution in [0.3, 0.4) is 0 Å². The zero-order chi connectivity index (χ0) is 16.9. The SMILES string of the molecule is CCOC1CCCC1(Cc1ccc(C)cc1)C(=O)OCC(C)C. The van der Waals surface area contributed by atoms with Gasteiger partial charge in [-0.3, -0.25) is 4.79 Å². The van der Waals surface area contributed by atoms with Crippen molar-refractivity contribution in [1.82, 2.24) is 0 Å². The van der Waals surface area contributed by atoms with E-state index in [1.807, 2.05) is 6.92 Å².